The van der Waals surface area contributed by atoms with Gasteiger partial charge in [0.25, 0.3) is 0 Å². The van der Waals surface area contributed by atoms with Gasteiger partial charge in [-0.15, -0.1) is 0 Å². The van der Waals surface area contributed by atoms with E-state index in [9.17, 15) is 18.0 Å². The van der Waals surface area contributed by atoms with E-state index < -0.39 is 11.7 Å². The van der Waals surface area contributed by atoms with Gasteiger partial charge in [-0.2, -0.15) is 13.2 Å². The predicted molar refractivity (Wildman–Crippen MR) is 100 cm³/mol. The van der Waals surface area contributed by atoms with Crippen LogP contribution in [0, 0.1) is 0 Å². The molecule has 1 aromatic carbocycles. The maximum Gasteiger partial charge on any atom is 0.416 e. The maximum atomic E-state index is 12.7. The Morgan fingerprint density at radius 1 is 1.14 bits per heavy atom. The van der Waals surface area contributed by atoms with Crippen LogP contribution in [0.1, 0.15) is 5.56 Å². The van der Waals surface area contributed by atoms with Crippen molar-refractivity contribution in [3.05, 3.63) is 72.7 Å². The fourth-order valence-corrected chi connectivity index (χ4v) is 2.31. The van der Waals surface area contributed by atoms with Crippen LogP contribution in [-0.4, -0.2) is 27.8 Å². The Hall–Kier alpha value is -3.75. The fourth-order valence-electron chi connectivity index (χ4n) is 2.31. The number of aldehydes is 1. The molecule has 0 amide bonds. The van der Waals surface area contributed by atoms with Gasteiger partial charge in [-0.25, -0.2) is 15.0 Å². The third kappa shape index (κ3) is 5.16. The summed E-state index contributed by atoms with van der Waals surface area (Å²) >= 11 is 0. The summed E-state index contributed by atoms with van der Waals surface area (Å²) in [6.45, 7) is 3.81. The first-order valence-corrected chi connectivity index (χ1v) is 8.36. The molecule has 0 saturated carbocycles. The largest absolute Gasteiger partial charge is 0.438 e. The Morgan fingerprint density at radius 2 is 1.83 bits per heavy atom. The highest BCUT2D eigenvalue weighted by Crippen LogP contribution is 2.34. The zero-order chi connectivity index (χ0) is 20.9. The quantitative estimate of drug-likeness (QED) is 0.464. The lowest BCUT2D eigenvalue weighted by atomic mass is 10.2. The number of hydrogen-bond donors (Lipinski definition) is 1. The molecule has 2 heterocycles. The van der Waals surface area contributed by atoms with Gasteiger partial charge in [0.15, 0.2) is 5.82 Å². The van der Waals surface area contributed by atoms with Gasteiger partial charge in [0.05, 0.1) is 23.0 Å². The van der Waals surface area contributed by atoms with Gasteiger partial charge in [0.2, 0.25) is 5.88 Å². The van der Waals surface area contributed by atoms with Gasteiger partial charge >= 0.3 is 6.18 Å². The van der Waals surface area contributed by atoms with Crippen molar-refractivity contribution >= 4 is 12.0 Å². The van der Waals surface area contributed by atoms with Crippen LogP contribution in [0.3, 0.4) is 0 Å². The molecule has 9 heteroatoms. The molecule has 3 aromatic rings. The molecule has 29 heavy (non-hydrogen) atoms. The summed E-state index contributed by atoms with van der Waals surface area (Å²) in [7, 11) is 0. The topological polar surface area (TPSA) is 77.0 Å². The zero-order valence-corrected chi connectivity index (χ0v) is 15.0. The van der Waals surface area contributed by atoms with E-state index in [1.54, 1.807) is 24.5 Å². The first-order chi connectivity index (χ1) is 13.9. The summed E-state index contributed by atoms with van der Waals surface area (Å²) in [6, 6.07) is 7.58. The molecule has 0 bridgehead atoms. The number of carbonyl (C=O) groups is 1. The van der Waals surface area contributed by atoms with E-state index in [0.717, 1.165) is 12.1 Å². The number of alkyl halides is 3. The second-order valence-corrected chi connectivity index (χ2v) is 5.90. The molecule has 0 fully saturated rings. The Balaban J connectivity index is 1.91. The molecule has 0 saturated heterocycles. The van der Waals surface area contributed by atoms with Crippen molar-refractivity contribution in [3.8, 4) is 23.0 Å². The van der Waals surface area contributed by atoms with Gasteiger partial charge in [-0.3, -0.25) is 4.79 Å². The number of nitrogens with zero attached hydrogens (tertiary/aromatic N) is 3. The number of benzene rings is 1. The first-order valence-electron chi connectivity index (χ1n) is 8.36. The first kappa shape index (κ1) is 20.0. The Kier molecular flexibility index (Phi) is 5.87. The molecular weight excluding hydrogens is 385 g/mol. The average molecular weight is 400 g/mol. The number of ether oxygens (including phenoxy) is 1. The van der Waals surface area contributed by atoms with E-state index in [-0.39, 0.29) is 18.2 Å². The highest BCUT2D eigenvalue weighted by molar-refractivity contribution is 5.74. The van der Waals surface area contributed by atoms with Crippen LogP contribution >= 0.6 is 0 Å². The molecule has 6 nitrogen and oxygen atoms in total. The van der Waals surface area contributed by atoms with Gasteiger partial charge in [0.1, 0.15) is 12.0 Å². The minimum absolute atomic E-state index is 0.121. The number of aromatic nitrogens is 3. The second-order valence-electron chi connectivity index (χ2n) is 5.90. The molecule has 0 aliphatic rings. The molecule has 3 rings (SSSR count). The zero-order valence-electron chi connectivity index (χ0n) is 15.0. The highest BCUT2D eigenvalue weighted by atomic mass is 19.4. The van der Waals surface area contributed by atoms with E-state index in [1.807, 2.05) is 0 Å². The smallest absolute Gasteiger partial charge is 0.416 e. The van der Waals surface area contributed by atoms with Crippen LogP contribution in [0.15, 0.2) is 67.1 Å². The molecule has 148 valence electrons. The van der Waals surface area contributed by atoms with E-state index >= 15 is 0 Å². The predicted octanol–water partition coefficient (Wildman–Crippen LogP) is 4.52. The van der Waals surface area contributed by atoms with Crippen molar-refractivity contribution in [3.63, 3.8) is 0 Å². The van der Waals surface area contributed by atoms with E-state index in [4.69, 9.17) is 4.74 Å². The molecule has 2 aromatic heterocycles. The number of anilines is 1. The number of halogens is 3. The Morgan fingerprint density at radius 3 is 2.45 bits per heavy atom. The van der Waals surface area contributed by atoms with Crippen LogP contribution in [0.2, 0.25) is 0 Å². The van der Waals surface area contributed by atoms with Gasteiger partial charge < -0.3 is 10.1 Å². The maximum absolute atomic E-state index is 12.7. The monoisotopic (exact) mass is 400 g/mol. The summed E-state index contributed by atoms with van der Waals surface area (Å²) in [5.74, 6) is 0.619. The minimum atomic E-state index is -4.43. The summed E-state index contributed by atoms with van der Waals surface area (Å²) in [4.78, 5) is 23.3. The van der Waals surface area contributed by atoms with Crippen molar-refractivity contribution in [2.45, 2.75) is 6.18 Å². The van der Waals surface area contributed by atoms with Crippen LogP contribution in [-0.2, 0) is 11.0 Å². The SMILES string of the molecule is C=C(C=O)CNc1cnc(Oc2ccc(C(F)(F)F)cc2)c(-c2ncccn2)c1. The molecular formula is C20H15F3N4O2. The lowest BCUT2D eigenvalue weighted by molar-refractivity contribution is -0.137. The molecule has 0 atom stereocenters. The average Bonchev–Trinajstić information content (AvgIpc) is 2.73. The fraction of sp³-hybridized carbons (Fsp3) is 0.100. The lowest BCUT2D eigenvalue weighted by Crippen LogP contribution is -2.06. The third-order valence-corrected chi connectivity index (χ3v) is 3.74. The van der Waals surface area contributed by atoms with Gasteiger partial charge in [-0.1, -0.05) is 6.58 Å². The molecule has 1 N–H and O–H groups in total. The van der Waals surface area contributed by atoms with Crippen molar-refractivity contribution in [2.24, 2.45) is 0 Å². The molecule has 0 radical (unpaired) electrons. The Labute approximate surface area is 164 Å². The number of hydrogen-bond acceptors (Lipinski definition) is 6. The van der Waals surface area contributed by atoms with Crippen molar-refractivity contribution in [1.29, 1.82) is 0 Å². The second kappa shape index (κ2) is 8.51. The van der Waals surface area contributed by atoms with Crippen LogP contribution in [0.25, 0.3) is 11.4 Å². The van der Waals surface area contributed by atoms with Crippen LogP contribution in [0.5, 0.6) is 11.6 Å². The van der Waals surface area contributed by atoms with Crippen molar-refractivity contribution < 1.29 is 22.7 Å². The van der Waals surface area contributed by atoms with E-state index in [2.05, 4.69) is 26.8 Å². The number of pyridine rings is 1. The normalized spacial score (nSPS) is 11.0. The highest BCUT2D eigenvalue weighted by Gasteiger charge is 2.30. The van der Waals surface area contributed by atoms with Crippen LogP contribution in [0.4, 0.5) is 18.9 Å². The standard InChI is InChI=1S/C20H15F3N4O2/c1-13(12-28)10-26-15-9-17(18-24-7-2-8-25-18)19(27-11-15)29-16-5-3-14(4-6-16)20(21,22)23/h2-9,11-12,26H,1,10H2. The molecule has 0 spiro atoms. The van der Waals surface area contributed by atoms with Crippen LogP contribution < -0.4 is 10.1 Å². The van der Waals surface area contributed by atoms with Gasteiger partial charge in [0, 0.05) is 24.5 Å². The minimum Gasteiger partial charge on any atom is -0.438 e. The molecule has 0 unspecified atom stereocenters. The summed E-state index contributed by atoms with van der Waals surface area (Å²) in [5.41, 5.74) is 0.564. The molecule has 0 aliphatic carbocycles. The van der Waals surface area contributed by atoms with Crippen molar-refractivity contribution in [1.82, 2.24) is 15.0 Å². The number of rotatable bonds is 7. The number of carbonyl (C=O) groups excluding carboxylic acids is 1. The lowest BCUT2D eigenvalue weighted by Gasteiger charge is -2.13. The van der Waals surface area contributed by atoms with E-state index in [1.165, 1.54) is 18.3 Å². The van der Waals surface area contributed by atoms with Gasteiger partial charge in [-0.05, 0) is 36.4 Å². The van der Waals surface area contributed by atoms with Crippen molar-refractivity contribution in [2.75, 3.05) is 11.9 Å². The summed E-state index contributed by atoms with van der Waals surface area (Å²) in [6.07, 6.45) is 0.753. The molecule has 0 aliphatic heterocycles. The number of nitrogens with one attached hydrogen (secondary N) is 1. The third-order valence-electron chi connectivity index (χ3n) is 3.74. The Bertz CT molecular complexity index is 1010. The summed E-state index contributed by atoms with van der Waals surface area (Å²) in [5, 5.41) is 2.99. The van der Waals surface area contributed by atoms with E-state index in [0.29, 0.717) is 28.9 Å². The summed E-state index contributed by atoms with van der Waals surface area (Å²) < 4.78 is 43.9.